The van der Waals surface area contributed by atoms with Gasteiger partial charge in [-0.15, -0.1) is 0 Å². The summed E-state index contributed by atoms with van der Waals surface area (Å²) >= 11 is 0.993. The summed E-state index contributed by atoms with van der Waals surface area (Å²) in [6, 6.07) is 0. The molecule has 7 heteroatoms. The SMILES string of the molecule is CC(C)(C)OC(=O)Nc1nnns1. The van der Waals surface area contributed by atoms with E-state index in [1.807, 2.05) is 0 Å². The second-order valence-electron chi connectivity index (χ2n) is 3.29. The number of carbonyl (C=O) groups is 1. The van der Waals surface area contributed by atoms with Gasteiger partial charge in [0, 0.05) is 11.5 Å². The van der Waals surface area contributed by atoms with E-state index in [1.165, 1.54) is 0 Å². The Hall–Kier alpha value is -1.24. The quantitative estimate of drug-likeness (QED) is 0.742. The maximum atomic E-state index is 11.1. The number of carbonyl (C=O) groups excluding carboxylic acids is 1. The zero-order valence-electron chi connectivity index (χ0n) is 7.57. The molecule has 1 N–H and O–H groups in total. The van der Waals surface area contributed by atoms with Crippen molar-refractivity contribution < 1.29 is 9.53 Å². The summed E-state index contributed by atoms with van der Waals surface area (Å²) < 4.78 is 8.45. The van der Waals surface area contributed by atoms with E-state index in [1.54, 1.807) is 20.8 Å². The van der Waals surface area contributed by atoms with Crippen molar-refractivity contribution in [3.8, 4) is 0 Å². The minimum absolute atomic E-state index is 0.328. The zero-order chi connectivity index (χ0) is 9.90. The molecule has 6 nitrogen and oxygen atoms in total. The molecule has 0 saturated heterocycles. The van der Waals surface area contributed by atoms with Gasteiger partial charge in [0.1, 0.15) is 5.60 Å². The Morgan fingerprint density at radius 2 is 2.23 bits per heavy atom. The van der Waals surface area contributed by atoms with Gasteiger partial charge in [-0.3, -0.25) is 5.32 Å². The molecular weight excluding hydrogens is 192 g/mol. The minimum Gasteiger partial charge on any atom is -0.444 e. The van der Waals surface area contributed by atoms with Crippen molar-refractivity contribution in [3.05, 3.63) is 0 Å². The van der Waals surface area contributed by atoms with Crippen molar-refractivity contribution in [1.29, 1.82) is 0 Å². The Labute approximate surface area is 79.5 Å². The molecule has 0 aliphatic rings. The third kappa shape index (κ3) is 3.79. The van der Waals surface area contributed by atoms with Crippen molar-refractivity contribution in [3.63, 3.8) is 0 Å². The number of hydrogen-bond acceptors (Lipinski definition) is 6. The van der Waals surface area contributed by atoms with E-state index in [9.17, 15) is 4.79 Å². The fourth-order valence-corrected chi connectivity index (χ4v) is 0.925. The highest BCUT2D eigenvalue weighted by atomic mass is 32.1. The Balaban J connectivity index is 2.43. The van der Waals surface area contributed by atoms with Gasteiger partial charge in [0.25, 0.3) is 0 Å². The van der Waals surface area contributed by atoms with Gasteiger partial charge in [-0.2, -0.15) is 0 Å². The lowest BCUT2D eigenvalue weighted by atomic mass is 10.2. The van der Waals surface area contributed by atoms with E-state index in [4.69, 9.17) is 4.74 Å². The first-order valence-corrected chi connectivity index (χ1v) is 4.40. The standard InChI is InChI=1S/C6H10N4O2S/c1-6(2,3)12-5(11)7-4-8-9-10-13-4/h1-3H3,(H,7,8,10,11). The average Bonchev–Trinajstić information content (AvgIpc) is 2.34. The molecule has 1 aromatic heterocycles. The summed E-state index contributed by atoms with van der Waals surface area (Å²) in [6.07, 6.45) is -0.550. The Morgan fingerprint density at radius 3 is 2.69 bits per heavy atom. The highest BCUT2D eigenvalue weighted by Gasteiger charge is 2.16. The first kappa shape index (κ1) is 9.85. The smallest absolute Gasteiger partial charge is 0.414 e. The van der Waals surface area contributed by atoms with Crippen LogP contribution in [-0.4, -0.2) is 26.5 Å². The summed E-state index contributed by atoms with van der Waals surface area (Å²) in [7, 11) is 0. The minimum atomic E-state index is -0.550. The summed E-state index contributed by atoms with van der Waals surface area (Å²) in [4.78, 5) is 11.1. The van der Waals surface area contributed by atoms with E-state index >= 15 is 0 Å². The molecule has 0 spiro atoms. The lowest BCUT2D eigenvalue weighted by Crippen LogP contribution is -2.27. The number of nitrogens with zero attached hydrogens (tertiary/aromatic N) is 3. The number of ether oxygens (including phenoxy) is 1. The summed E-state index contributed by atoms with van der Waals surface area (Å²) in [6.45, 7) is 5.35. The van der Waals surface area contributed by atoms with Gasteiger partial charge < -0.3 is 4.74 Å². The van der Waals surface area contributed by atoms with E-state index in [0.717, 1.165) is 11.5 Å². The van der Waals surface area contributed by atoms with Crippen LogP contribution in [0.15, 0.2) is 0 Å². The van der Waals surface area contributed by atoms with Gasteiger partial charge in [-0.05, 0) is 26.0 Å². The third-order valence-corrected chi connectivity index (χ3v) is 1.42. The lowest BCUT2D eigenvalue weighted by Gasteiger charge is -2.18. The number of hydrogen-bond donors (Lipinski definition) is 1. The molecule has 0 unspecified atom stereocenters. The molecule has 1 aromatic rings. The van der Waals surface area contributed by atoms with Crippen molar-refractivity contribution in [2.45, 2.75) is 26.4 Å². The van der Waals surface area contributed by atoms with Crippen molar-refractivity contribution in [2.24, 2.45) is 0 Å². The number of anilines is 1. The van der Waals surface area contributed by atoms with Crippen LogP contribution in [0.4, 0.5) is 9.93 Å². The molecular formula is C6H10N4O2S. The molecule has 0 radical (unpaired) electrons. The van der Waals surface area contributed by atoms with Crippen molar-refractivity contribution >= 4 is 22.8 Å². The highest BCUT2D eigenvalue weighted by Crippen LogP contribution is 2.10. The van der Waals surface area contributed by atoms with Gasteiger partial charge >= 0.3 is 6.09 Å². The van der Waals surface area contributed by atoms with E-state index < -0.39 is 11.7 Å². The predicted molar refractivity (Wildman–Crippen MR) is 47.6 cm³/mol. The molecule has 0 atom stereocenters. The third-order valence-electron chi connectivity index (χ3n) is 0.907. The fraction of sp³-hybridized carbons (Fsp3) is 0.667. The molecule has 1 amide bonds. The molecule has 13 heavy (non-hydrogen) atoms. The summed E-state index contributed by atoms with van der Waals surface area (Å²) in [5.74, 6) is 0. The monoisotopic (exact) mass is 202 g/mol. The highest BCUT2D eigenvalue weighted by molar-refractivity contribution is 7.09. The molecule has 0 aromatic carbocycles. The molecule has 0 aliphatic heterocycles. The number of aromatic nitrogens is 3. The molecule has 1 heterocycles. The van der Waals surface area contributed by atoms with Gasteiger partial charge in [-0.1, -0.05) is 9.59 Å². The lowest BCUT2D eigenvalue weighted by molar-refractivity contribution is 0.0636. The van der Waals surface area contributed by atoms with E-state index in [-0.39, 0.29) is 0 Å². The van der Waals surface area contributed by atoms with Gasteiger partial charge in [-0.25, -0.2) is 4.79 Å². The second kappa shape index (κ2) is 3.65. The van der Waals surface area contributed by atoms with Crippen LogP contribution in [0.5, 0.6) is 0 Å². The van der Waals surface area contributed by atoms with E-state index in [0.29, 0.717) is 5.13 Å². The van der Waals surface area contributed by atoms with E-state index in [2.05, 4.69) is 20.1 Å². The van der Waals surface area contributed by atoms with Gasteiger partial charge in [0.2, 0.25) is 5.13 Å². The largest absolute Gasteiger partial charge is 0.444 e. The molecule has 0 saturated carbocycles. The van der Waals surface area contributed by atoms with Gasteiger partial charge in [0.05, 0.1) is 0 Å². The van der Waals surface area contributed by atoms with Crippen LogP contribution in [0.3, 0.4) is 0 Å². The maximum Gasteiger partial charge on any atom is 0.414 e. The van der Waals surface area contributed by atoms with Crippen LogP contribution >= 0.6 is 11.5 Å². The number of amides is 1. The van der Waals surface area contributed by atoms with Crippen molar-refractivity contribution in [1.82, 2.24) is 14.8 Å². The number of nitrogens with one attached hydrogen (secondary N) is 1. The first-order valence-electron chi connectivity index (χ1n) is 3.62. The average molecular weight is 202 g/mol. The topological polar surface area (TPSA) is 77.0 Å². The Bertz CT molecular complexity index is 279. The van der Waals surface area contributed by atoms with Crippen LogP contribution in [0.1, 0.15) is 20.8 Å². The summed E-state index contributed by atoms with van der Waals surface area (Å²) in [5.41, 5.74) is -0.512. The van der Waals surface area contributed by atoms with Crippen LogP contribution in [0.2, 0.25) is 0 Å². The first-order chi connectivity index (χ1) is 5.97. The Morgan fingerprint density at radius 1 is 1.54 bits per heavy atom. The Kier molecular flexibility index (Phi) is 2.76. The molecule has 0 fully saturated rings. The zero-order valence-corrected chi connectivity index (χ0v) is 8.38. The maximum absolute atomic E-state index is 11.1. The van der Waals surface area contributed by atoms with Crippen LogP contribution in [0.25, 0.3) is 0 Å². The molecule has 0 bridgehead atoms. The van der Waals surface area contributed by atoms with Crippen molar-refractivity contribution in [2.75, 3.05) is 5.32 Å². The molecule has 0 aliphatic carbocycles. The van der Waals surface area contributed by atoms with Crippen LogP contribution in [-0.2, 0) is 4.74 Å². The van der Waals surface area contributed by atoms with Crippen LogP contribution in [0, 0.1) is 0 Å². The second-order valence-corrected chi connectivity index (χ2v) is 4.03. The summed E-state index contributed by atoms with van der Waals surface area (Å²) in [5, 5.41) is 9.58. The molecule has 1 rings (SSSR count). The van der Waals surface area contributed by atoms with Crippen LogP contribution < -0.4 is 5.32 Å². The fourth-order valence-electron chi connectivity index (χ4n) is 0.573. The molecule has 72 valence electrons. The van der Waals surface area contributed by atoms with Gasteiger partial charge in [0.15, 0.2) is 0 Å². The normalized spacial score (nSPS) is 11.0. The predicted octanol–water partition coefficient (Wildman–Crippen LogP) is 1.28. The number of rotatable bonds is 1.